The number of aryl methyl sites for hydroxylation is 1. The predicted molar refractivity (Wildman–Crippen MR) is 104 cm³/mol. The average Bonchev–Trinajstić information content (AvgIpc) is 3.10. The largest absolute Gasteiger partial charge is 0.365 e. The highest BCUT2D eigenvalue weighted by Crippen LogP contribution is 2.18. The Morgan fingerprint density at radius 2 is 2.04 bits per heavy atom. The molecule has 0 radical (unpaired) electrons. The van der Waals surface area contributed by atoms with Crippen molar-refractivity contribution in [2.24, 2.45) is 0 Å². The highest BCUT2D eigenvalue weighted by atomic mass is 32.2. The van der Waals surface area contributed by atoms with Gasteiger partial charge in [0.2, 0.25) is 5.91 Å². The minimum Gasteiger partial charge on any atom is -0.365 e. The van der Waals surface area contributed by atoms with E-state index >= 15 is 0 Å². The summed E-state index contributed by atoms with van der Waals surface area (Å²) in [4.78, 5) is 15.4. The standard InChI is InChI=1S/C17H22N4O3S2/c1-11-6-7-13(9-15(11)26(23,24)21-17(25)18-3)10-16(22)20-12(2)14-5-4-8-19-14/h4-9,12,19H,10H2,1-3H3,(H,20,22)(H2,18,21,25). The predicted octanol–water partition coefficient (Wildman–Crippen LogP) is 1.53. The number of aromatic amines is 1. The van der Waals surface area contributed by atoms with E-state index in [1.807, 2.05) is 19.1 Å². The van der Waals surface area contributed by atoms with Gasteiger partial charge in [0, 0.05) is 18.9 Å². The van der Waals surface area contributed by atoms with Crippen LogP contribution in [0.15, 0.2) is 41.4 Å². The Hall–Kier alpha value is -2.39. The molecule has 1 unspecified atom stereocenters. The molecule has 2 rings (SSSR count). The van der Waals surface area contributed by atoms with Crippen LogP contribution < -0.4 is 15.4 Å². The van der Waals surface area contributed by atoms with Crippen molar-refractivity contribution in [2.75, 3.05) is 7.05 Å². The number of amides is 1. The first kappa shape index (κ1) is 19.9. The van der Waals surface area contributed by atoms with Gasteiger partial charge in [0.1, 0.15) is 0 Å². The van der Waals surface area contributed by atoms with Crippen LogP contribution in [0.1, 0.15) is 29.8 Å². The van der Waals surface area contributed by atoms with Crippen molar-refractivity contribution in [3.8, 4) is 0 Å². The van der Waals surface area contributed by atoms with Crippen molar-refractivity contribution in [3.63, 3.8) is 0 Å². The second kappa shape index (κ2) is 8.33. The second-order valence-electron chi connectivity index (χ2n) is 5.88. The summed E-state index contributed by atoms with van der Waals surface area (Å²) in [5, 5.41) is 5.45. The van der Waals surface area contributed by atoms with Gasteiger partial charge in [-0.05, 0) is 55.4 Å². The maximum Gasteiger partial charge on any atom is 0.263 e. The summed E-state index contributed by atoms with van der Waals surface area (Å²) in [6.45, 7) is 3.56. The van der Waals surface area contributed by atoms with E-state index in [0.29, 0.717) is 11.1 Å². The Morgan fingerprint density at radius 3 is 2.65 bits per heavy atom. The van der Waals surface area contributed by atoms with Crippen molar-refractivity contribution in [1.82, 2.24) is 20.3 Å². The molecule has 0 aliphatic carbocycles. The Bertz CT molecular complexity index is 893. The lowest BCUT2D eigenvalue weighted by molar-refractivity contribution is -0.121. The minimum atomic E-state index is -3.81. The molecule has 4 N–H and O–H groups in total. The van der Waals surface area contributed by atoms with E-state index in [2.05, 4.69) is 20.3 Å². The summed E-state index contributed by atoms with van der Waals surface area (Å²) in [7, 11) is -2.28. The van der Waals surface area contributed by atoms with Gasteiger partial charge in [-0.25, -0.2) is 8.42 Å². The molecule has 1 amide bonds. The van der Waals surface area contributed by atoms with Crippen LogP contribution in [0.5, 0.6) is 0 Å². The number of benzene rings is 1. The Labute approximate surface area is 158 Å². The van der Waals surface area contributed by atoms with Crippen molar-refractivity contribution < 1.29 is 13.2 Å². The van der Waals surface area contributed by atoms with Gasteiger partial charge >= 0.3 is 0 Å². The average molecular weight is 395 g/mol. The molecular formula is C17H22N4O3S2. The zero-order valence-corrected chi connectivity index (χ0v) is 16.4. The summed E-state index contributed by atoms with van der Waals surface area (Å²) in [5.41, 5.74) is 2.07. The van der Waals surface area contributed by atoms with E-state index in [9.17, 15) is 13.2 Å². The van der Waals surface area contributed by atoms with Gasteiger partial charge in [-0.2, -0.15) is 0 Å². The Balaban J connectivity index is 2.13. The SMILES string of the molecule is CNC(=S)NS(=O)(=O)c1cc(CC(=O)NC(C)c2ccc[nH]2)ccc1C. The third-order valence-electron chi connectivity index (χ3n) is 3.83. The molecule has 9 heteroatoms. The topological polar surface area (TPSA) is 103 Å². The molecule has 7 nitrogen and oxygen atoms in total. The first-order valence-corrected chi connectivity index (χ1v) is 9.89. The van der Waals surface area contributed by atoms with Crippen LogP contribution in [0.4, 0.5) is 0 Å². The highest BCUT2D eigenvalue weighted by Gasteiger charge is 2.19. The van der Waals surface area contributed by atoms with E-state index in [1.54, 1.807) is 25.3 Å². The number of sulfonamides is 1. The lowest BCUT2D eigenvalue weighted by Crippen LogP contribution is -2.37. The Morgan fingerprint density at radius 1 is 1.31 bits per heavy atom. The number of thiocarbonyl (C=S) groups is 1. The van der Waals surface area contributed by atoms with E-state index in [4.69, 9.17) is 12.2 Å². The maximum absolute atomic E-state index is 12.5. The van der Waals surface area contributed by atoms with Crippen LogP contribution in [-0.4, -0.2) is 31.5 Å². The number of carbonyl (C=O) groups is 1. The van der Waals surface area contributed by atoms with Gasteiger partial charge in [-0.15, -0.1) is 0 Å². The van der Waals surface area contributed by atoms with Crippen LogP contribution in [0, 0.1) is 6.92 Å². The number of rotatable bonds is 6. The molecule has 0 fully saturated rings. The first-order chi connectivity index (χ1) is 12.2. The van der Waals surface area contributed by atoms with Gasteiger partial charge in [-0.1, -0.05) is 12.1 Å². The van der Waals surface area contributed by atoms with Gasteiger partial charge in [-0.3, -0.25) is 9.52 Å². The molecule has 2 aromatic rings. The van der Waals surface area contributed by atoms with Crippen LogP contribution in [0.25, 0.3) is 0 Å². The summed E-state index contributed by atoms with van der Waals surface area (Å²) in [6, 6.07) is 8.49. The molecule has 0 saturated carbocycles. The zero-order chi connectivity index (χ0) is 19.3. The normalized spacial score (nSPS) is 12.3. The molecule has 140 valence electrons. The van der Waals surface area contributed by atoms with E-state index in [-0.39, 0.29) is 28.4 Å². The summed E-state index contributed by atoms with van der Waals surface area (Å²) >= 11 is 4.87. The molecule has 1 atom stereocenters. The van der Waals surface area contributed by atoms with Crippen molar-refractivity contribution in [3.05, 3.63) is 53.3 Å². The number of carbonyl (C=O) groups excluding carboxylic acids is 1. The van der Waals surface area contributed by atoms with Crippen molar-refractivity contribution >= 4 is 33.3 Å². The zero-order valence-electron chi connectivity index (χ0n) is 14.8. The fourth-order valence-electron chi connectivity index (χ4n) is 2.44. The fraction of sp³-hybridized carbons (Fsp3) is 0.294. The molecule has 1 aromatic heterocycles. The number of hydrogen-bond acceptors (Lipinski definition) is 4. The quantitative estimate of drug-likeness (QED) is 0.557. The lowest BCUT2D eigenvalue weighted by Gasteiger charge is -2.14. The van der Waals surface area contributed by atoms with Crippen LogP contribution >= 0.6 is 12.2 Å². The van der Waals surface area contributed by atoms with Gasteiger partial charge in [0.15, 0.2) is 5.11 Å². The van der Waals surface area contributed by atoms with Crippen LogP contribution in [-0.2, 0) is 21.2 Å². The fourth-order valence-corrected chi connectivity index (χ4v) is 4.02. The number of nitrogens with one attached hydrogen (secondary N) is 4. The van der Waals surface area contributed by atoms with Crippen molar-refractivity contribution in [2.45, 2.75) is 31.2 Å². The highest BCUT2D eigenvalue weighted by molar-refractivity contribution is 7.91. The molecular weight excluding hydrogens is 372 g/mol. The summed E-state index contributed by atoms with van der Waals surface area (Å²) < 4.78 is 27.2. The van der Waals surface area contributed by atoms with Gasteiger partial charge < -0.3 is 15.6 Å². The molecule has 0 saturated heterocycles. The molecule has 1 heterocycles. The third-order valence-corrected chi connectivity index (χ3v) is 5.75. The summed E-state index contributed by atoms with van der Waals surface area (Å²) in [5.74, 6) is -0.196. The number of hydrogen-bond donors (Lipinski definition) is 4. The minimum absolute atomic E-state index is 0.00678. The van der Waals surface area contributed by atoms with E-state index in [1.165, 1.54) is 13.1 Å². The lowest BCUT2D eigenvalue weighted by atomic mass is 10.1. The third kappa shape index (κ3) is 5.06. The molecule has 0 bridgehead atoms. The van der Waals surface area contributed by atoms with Crippen LogP contribution in [0.3, 0.4) is 0 Å². The molecule has 0 aliphatic rings. The second-order valence-corrected chi connectivity index (χ2v) is 7.93. The van der Waals surface area contributed by atoms with E-state index in [0.717, 1.165) is 5.69 Å². The van der Waals surface area contributed by atoms with Gasteiger partial charge in [0.05, 0.1) is 17.4 Å². The number of H-pyrrole nitrogens is 1. The monoisotopic (exact) mass is 394 g/mol. The van der Waals surface area contributed by atoms with Gasteiger partial charge in [0.25, 0.3) is 10.0 Å². The maximum atomic E-state index is 12.5. The smallest absolute Gasteiger partial charge is 0.263 e. The van der Waals surface area contributed by atoms with E-state index < -0.39 is 10.0 Å². The molecule has 0 spiro atoms. The van der Waals surface area contributed by atoms with Crippen LogP contribution in [0.2, 0.25) is 0 Å². The molecule has 26 heavy (non-hydrogen) atoms. The molecule has 0 aliphatic heterocycles. The van der Waals surface area contributed by atoms with Crippen molar-refractivity contribution in [1.29, 1.82) is 0 Å². The first-order valence-electron chi connectivity index (χ1n) is 7.99. The Kier molecular flexibility index (Phi) is 6.38. The molecule has 1 aromatic carbocycles. The number of aromatic nitrogens is 1. The summed E-state index contributed by atoms with van der Waals surface area (Å²) in [6.07, 6.45) is 1.86.